The summed E-state index contributed by atoms with van der Waals surface area (Å²) in [7, 11) is 0. The first-order valence-corrected chi connectivity index (χ1v) is 5.53. The molecule has 1 heterocycles. The lowest BCUT2D eigenvalue weighted by Gasteiger charge is -2.11. The molecule has 88 valence electrons. The van der Waals surface area contributed by atoms with Crippen LogP contribution >= 0.6 is 11.6 Å². The van der Waals surface area contributed by atoms with Gasteiger partial charge in [0.2, 0.25) is 0 Å². The number of hydrogen-bond donors (Lipinski definition) is 1. The summed E-state index contributed by atoms with van der Waals surface area (Å²) in [6.45, 7) is 8.58. The van der Waals surface area contributed by atoms with E-state index in [2.05, 4.69) is 21.9 Å². The van der Waals surface area contributed by atoms with E-state index in [9.17, 15) is 0 Å². The van der Waals surface area contributed by atoms with Gasteiger partial charge in [-0.2, -0.15) is 0 Å². The van der Waals surface area contributed by atoms with Crippen LogP contribution in [0, 0.1) is 0 Å². The average Bonchev–Trinajstić information content (AvgIpc) is 2.25. The van der Waals surface area contributed by atoms with Crippen LogP contribution in [-0.4, -0.2) is 22.6 Å². The SMILES string of the molecule is C=CC(C)Nc1cc(Cl)nc(COCC)n1. The molecule has 0 aliphatic heterocycles. The lowest BCUT2D eigenvalue weighted by Crippen LogP contribution is -2.13. The van der Waals surface area contributed by atoms with E-state index in [0.717, 1.165) is 0 Å². The number of nitrogens with one attached hydrogen (secondary N) is 1. The van der Waals surface area contributed by atoms with E-state index in [0.29, 0.717) is 30.0 Å². The highest BCUT2D eigenvalue weighted by atomic mass is 35.5. The predicted molar refractivity (Wildman–Crippen MR) is 65.7 cm³/mol. The van der Waals surface area contributed by atoms with Crippen LogP contribution in [0.5, 0.6) is 0 Å². The van der Waals surface area contributed by atoms with E-state index in [-0.39, 0.29) is 6.04 Å². The molecule has 0 radical (unpaired) electrons. The van der Waals surface area contributed by atoms with E-state index < -0.39 is 0 Å². The molecule has 1 aromatic heterocycles. The molecule has 16 heavy (non-hydrogen) atoms. The molecule has 0 spiro atoms. The summed E-state index contributed by atoms with van der Waals surface area (Å²) in [5, 5.41) is 3.55. The first kappa shape index (κ1) is 12.9. The fourth-order valence-electron chi connectivity index (χ4n) is 1.09. The van der Waals surface area contributed by atoms with Gasteiger partial charge in [0.05, 0.1) is 0 Å². The lowest BCUT2D eigenvalue weighted by molar-refractivity contribution is 0.128. The molecule has 1 N–H and O–H groups in total. The molecule has 0 bridgehead atoms. The molecule has 0 saturated heterocycles. The highest BCUT2D eigenvalue weighted by Crippen LogP contribution is 2.13. The zero-order chi connectivity index (χ0) is 12.0. The standard InChI is InChI=1S/C11H16ClN3O/c1-4-8(3)13-10-6-9(12)14-11(15-10)7-16-5-2/h4,6,8H,1,5,7H2,2-3H3,(H,13,14,15). The number of rotatable bonds is 6. The Morgan fingerprint density at radius 3 is 3.00 bits per heavy atom. The maximum atomic E-state index is 5.88. The second-order valence-corrected chi connectivity index (χ2v) is 3.69. The molecule has 0 amide bonds. The number of aromatic nitrogens is 2. The number of hydrogen-bond acceptors (Lipinski definition) is 4. The fraction of sp³-hybridized carbons (Fsp3) is 0.455. The van der Waals surface area contributed by atoms with Gasteiger partial charge in [-0.3, -0.25) is 0 Å². The molecular weight excluding hydrogens is 226 g/mol. The van der Waals surface area contributed by atoms with Crippen LogP contribution in [0.1, 0.15) is 19.7 Å². The molecule has 0 aliphatic carbocycles. The Morgan fingerprint density at radius 1 is 1.62 bits per heavy atom. The second-order valence-electron chi connectivity index (χ2n) is 3.30. The topological polar surface area (TPSA) is 47.0 Å². The van der Waals surface area contributed by atoms with Crippen molar-refractivity contribution >= 4 is 17.4 Å². The molecule has 5 heteroatoms. The highest BCUT2D eigenvalue weighted by molar-refractivity contribution is 6.29. The van der Waals surface area contributed by atoms with Gasteiger partial charge >= 0.3 is 0 Å². The Labute approximate surface area is 101 Å². The van der Waals surface area contributed by atoms with Crippen molar-refractivity contribution in [1.29, 1.82) is 0 Å². The van der Waals surface area contributed by atoms with Crippen LogP contribution in [0.2, 0.25) is 5.15 Å². The smallest absolute Gasteiger partial charge is 0.158 e. The third kappa shape index (κ3) is 4.16. The highest BCUT2D eigenvalue weighted by Gasteiger charge is 2.04. The van der Waals surface area contributed by atoms with Crippen LogP contribution in [0.3, 0.4) is 0 Å². The predicted octanol–water partition coefficient (Wildman–Crippen LogP) is 2.65. The Kier molecular flexibility index (Phi) is 5.22. The van der Waals surface area contributed by atoms with Crippen molar-refractivity contribution in [3.8, 4) is 0 Å². The van der Waals surface area contributed by atoms with E-state index in [4.69, 9.17) is 16.3 Å². The zero-order valence-corrected chi connectivity index (χ0v) is 10.3. The summed E-state index contributed by atoms with van der Waals surface area (Å²) in [6.07, 6.45) is 1.79. The first-order valence-electron chi connectivity index (χ1n) is 5.16. The molecule has 0 aliphatic rings. The Morgan fingerprint density at radius 2 is 2.38 bits per heavy atom. The van der Waals surface area contributed by atoms with Gasteiger partial charge in [0.25, 0.3) is 0 Å². The van der Waals surface area contributed by atoms with Crippen molar-refractivity contribution in [1.82, 2.24) is 9.97 Å². The van der Waals surface area contributed by atoms with Gasteiger partial charge in [-0.1, -0.05) is 17.7 Å². The summed E-state index contributed by atoms with van der Waals surface area (Å²) in [6, 6.07) is 1.81. The second kappa shape index (κ2) is 6.45. The lowest BCUT2D eigenvalue weighted by atomic mass is 10.3. The Bertz CT molecular complexity index is 357. The molecule has 0 saturated carbocycles. The van der Waals surface area contributed by atoms with Crippen molar-refractivity contribution in [2.75, 3.05) is 11.9 Å². The summed E-state index contributed by atoms with van der Waals surface area (Å²) in [5.74, 6) is 1.26. The largest absolute Gasteiger partial charge is 0.374 e. The third-order valence-corrected chi connectivity index (χ3v) is 2.10. The number of halogens is 1. The molecule has 4 nitrogen and oxygen atoms in total. The minimum absolute atomic E-state index is 0.130. The van der Waals surface area contributed by atoms with Crippen LogP contribution in [0.4, 0.5) is 5.82 Å². The van der Waals surface area contributed by atoms with E-state index in [1.807, 2.05) is 13.8 Å². The quantitative estimate of drug-likeness (QED) is 0.615. The normalized spacial score (nSPS) is 12.2. The molecular formula is C11H16ClN3O. The molecule has 1 aromatic rings. The molecule has 1 rings (SSSR count). The van der Waals surface area contributed by atoms with Crippen molar-refractivity contribution in [2.24, 2.45) is 0 Å². The fourth-order valence-corrected chi connectivity index (χ4v) is 1.29. The van der Waals surface area contributed by atoms with Gasteiger partial charge < -0.3 is 10.1 Å². The van der Waals surface area contributed by atoms with Crippen LogP contribution in [0.25, 0.3) is 0 Å². The summed E-state index contributed by atoms with van der Waals surface area (Å²) in [5.41, 5.74) is 0. The number of nitrogens with zero attached hydrogens (tertiary/aromatic N) is 2. The molecule has 0 fully saturated rings. The summed E-state index contributed by atoms with van der Waals surface area (Å²) < 4.78 is 5.23. The number of ether oxygens (including phenoxy) is 1. The van der Waals surface area contributed by atoms with Crippen molar-refractivity contribution < 1.29 is 4.74 Å². The van der Waals surface area contributed by atoms with Crippen molar-refractivity contribution in [2.45, 2.75) is 26.5 Å². The molecule has 0 aromatic carbocycles. The van der Waals surface area contributed by atoms with Gasteiger partial charge in [0, 0.05) is 18.7 Å². The van der Waals surface area contributed by atoms with Crippen molar-refractivity contribution in [3.05, 3.63) is 29.7 Å². The Balaban J connectivity index is 2.76. The maximum Gasteiger partial charge on any atom is 0.158 e. The van der Waals surface area contributed by atoms with Gasteiger partial charge in [-0.25, -0.2) is 9.97 Å². The minimum atomic E-state index is 0.130. The average molecular weight is 242 g/mol. The van der Waals surface area contributed by atoms with Gasteiger partial charge in [-0.05, 0) is 13.8 Å². The van der Waals surface area contributed by atoms with Crippen LogP contribution in [0.15, 0.2) is 18.7 Å². The van der Waals surface area contributed by atoms with Crippen LogP contribution in [-0.2, 0) is 11.3 Å². The zero-order valence-electron chi connectivity index (χ0n) is 9.53. The number of anilines is 1. The van der Waals surface area contributed by atoms with E-state index in [1.165, 1.54) is 0 Å². The first-order chi connectivity index (χ1) is 7.65. The van der Waals surface area contributed by atoms with Gasteiger partial charge in [-0.15, -0.1) is 6.58 Å². The van der Waals surface area contributed by atoms with Gasteiger partial charge in [0.1, 0.15) is 17.6 Å². The monoisotopic (exact) mass is 241 g/mol. The third-order valence-electron chi connectivity index (χ3n) is 1.91. The van der Waals surface area contributed by atoms with E-state index >= 15 is 0 Å². The van der Waals surface area contributed by atoms with Crippen LogP contribution < -0.4 is 5.32 Å². The Hall–Kier alpha value is -1.13. The van der Waals surface area contributed by atoms with Crippen molar-refractivity contribution in [3.63, 3.8) is 0 Å². The maximum absolute atomic E-state index is 5.88. The molecule has 1 atom stereocenters. The molecule has 1 unspecified atom stereocenters. The van der Waals surface area contributed by atoms with Gasteiger partial charge in [0.15, 0.2) is 5.82 Å². The minimum Gasteiger partial charge on any atom is -0.374 e. The van der Waals surface area contributed by atoms with E-state index in [1.54, 1.807) is 12.1 Å². The summed E-state index contributed by atoms with van der Waals surface area (Å²) in [4.78, 5) is 8.35. The summed E-state index contributed by atoms with van der Waals surface area (Å²) >= 11 is 5.88.